The highest BCUT2D eigenvalue weighted by Gasteiger charge is 2.26. The Morgan fingerprint density at radius 2 is 2.00 bits per heavy atom. The number of hydrogen-bond acceptors (Lipinski definition) is 8. The van der Waals surface area contributed by atoms with Gasteiger partial charge in [-0.1, -0.05) is 6.07 Å². The van der Waals surface area contributed by atoms with Crippen molar-refractivity contribution in [3.8, 4) is 0 Å². The molecule has 0 bridgehead atoms. The number of sulfonamides is 1. The Morgan fingerprint density at radius 3 is 2.78 bits per heavy atom. The average molecular weight is 459 g/mol. The van der Waals surface area contributed by atoms with E-state index in [1.54, 1.807) is 25.3 Å². The molecule has 0 spiro atoms. The zero-order valence-electron chi connectivity index (χ0n) is 17.2. The Morgan fingerprint density at radius 1 is 1.22 bits per heavy atom. The topological polar surface area (TPSA) is 132 Å². The van der Waals surface area contributed by atoms with Gasteiger partial charge in [0.15, 0.2) is 12.3 Å². The van der Waals surface area contributed by atoms with Crippen LogP contribution in [0.2, 0.25) is 0 Å². The van der Waals surface area contributed by atoms with Crippen molar-refractivity contribution in [3.05, 3.63) is 54.0 Å². The lowest BCUT2D eigenvalue weighted by molar-refractivity contribution is -0.119. The minimum atomic E-state index is -3.70. The quantitative estimate of drug-likeness (QED) is 0.537. The van der Waals surface area contributed by atoms with Crippen LogP contribution in [0.1, 0.15) is 16.1 Å². The summed E-state index contributed by atoms with van der Waals surface area (Å²) in [6.07, 6.45) is 3.18. The fourth-order valence-electron chi connectivity index (χ4n) is 3.31. The van der Waals surface area contributed by atoms with Crippen LogP contribution in [0.15, 0.2) is 47.6 Å². The summed E-state index contributed by atoms with van der Waals surface area (Å²) in [5, 5.41) is 6.73. The lowest BCUT2D eigenvalue weighted by Gasteiger charge is -2.26. The maximum atomic E-state index is 12.8. The van der Waals surface area contributed by atoms with Gasteiger partial charge in [-0.05, 0) is 31.2 Å². The van der Waals surface area contributed by atoms with Gasteiger partial charge in [-0.2, -0.15) is 9.40 Å². The van der Waals surface area contributed by atoms with E-state index in [9.17, 15) is 18.0 Å². The molecule has 0 radical (unpaired) electrons. The van der Waals surface area contributed by atoms with E-state index in [2.05, 4.69) is 15.4 Å². The van der Waals surface area contributed by atoms with Gasteiger partial charge in [0.25, 0.3) is 5.91 Å². The van der Waals surface area contributed by atoms with E-state index >= 15 is 0 Å². The number of ether oxygens (including phenoxy) is 2. The predicted molar refractivity (Wildman–Crippen MR) is 113 cm³/mol. The van der Waals surface area contributed by atoms with Gasteiger partial charge in [0, 0.05) is 31.2 Å². The number of fused-ring (bicyclic) bond motifs is 1. The van der Waals surface area contributed by atoms with Crippen molar-refractivity contribution < 1.29 is 27.5 Å². The minimum absolute atomic E-state index is 0.0576. The molecule has 1 aromatic carbocycles. The molecule has 1 aliphatic rings. The normalized spacial score (nSPS) is 14.9. The van der Waals surface area contributed by atoms with Crippen molar-refractivity contribution in [2.24, 2.45) is 0 Å². The molecule has 2 aromatic heterocycles. The molecule has 1 amide bonds. The smallest absolute Gasteiger partial charge is 0.344 e. The van der Waals surface area contributed by atoms with Crippen molar-refractivity contribution in [1.82, 2.24) is 18.9 Å². The van der Waals surface area contributed by atoms with Gasteiger partial charge in [0.05, 0.1) is 23.8 Å². The Balaban J connectivity index is 1.41. The van der Waals surface area contributed by atoms with Crippen LogP contribution in [-0.2, 0) is 24.3 Å². The molecule has 168 valence electrons. The first kappa shape index (κ1) is 21.9. The zero-order chi connectivity index (χ0) is 22.7. The van der Waals surface area contributed by atoms with Gasteiger partial charge >= 0.3 is 5.97 Å². The van der Waals surface area contributed by atoms with Crippen LogP contribution in [-0.4, -0.2) is 72.1 Å². The second-order valence-electron chi connectivity index (χ2n) is 7.02. The molecule has 4 rings (SSSR count). The van der Waals surface area contributed by atoms with E-state index in [1.165, 1.54) is 33.2 Å². The number of hydrogen-bond donors (Lipinski definition) is 1. The summed E-state index contributed by atoms with van der Waals surface area (Å²) in [4.78, 5) is 28.9. The number of aromatic nitrogens is 3. The summed E-state index contributed by atoms with van der Waals surface area (Å²) < 4.78 is 38.7. The van der Waals surface area contributed by atoms with Gasteiger partial charge in [0.2, 0.25) is 10.0 Å². The van der Waals surface area contributed by atoms with Crippen molar-refractivity contribution in [1.29, 1.82) is 0 Å². The lowest BCUT2D eigenvalue weighted by Crippen LogP contribution is -2.40. The Bertz CT molecular complexity index is 1270. The Hall–Kier alpha value is -3.35. The van der Waals surface area contributed by atoms with Crippen molar-refractivity contribution in [2.75, 3.05) is 38.2 Å². The number of esters is 1. The fourth-order valence-corrected chi connectivity index (χ4v) is 4.76. The van der Waals surface area contributed by atoms with E-state index in [0.717, 1.165) is 0 Å². The second kappa shape index (κ2) is 9.02. The molecule has 1 aliphatic heterocycles. The van der Waals surface area contributed by atoms with Gasteiger partial charge in [0.1, 0.15) is 5.56 Å². The molecule has 32 heavy (non-hydrogen) atoms. The third-order valence-corrected chi connectivity index (χ3v) is 6.73. The number of rotatable bonds is 6. The molecular formula is C20H21N5O6S. The monoisotopic (exact) mass is 459 g/mol. The van der Waals surface area contributed by atoms with Crippen molar-refractivity contribution >= 4 is 33.2 Å². The maximum absolute atomic E-state index is 12.8. The lowest BCUT2D eigenvalue weighted by atomic mass is 10.2. The predicted octanol–water partition coefficient (Wildman–Crippen LogP) is 0.854. The second-order valence-corrected chi connectivity index (χ2v) is 8.95. The first-order chi connectivity index (χ1) is 15.4. The fraction of sp³-hybridized carbons (Fsp3) is 0.300. The third-order valence-electron chi connectivity index (χ3n) is 4.83. The molecule has 1 N–H and O–H groups in total. The van der Waals surface area contributed by atoms with E-state index in [-0.39, 0.29) is 29.2 Å². The largest absolute Gasteiger partial charge is 0.452 e. The summed E-state index contributed by atoms with van der Waals surface area (Å²) >= 11 is 0. The molecule has 1 fully saturated rings. The highest BCUT2D eigenvalue weighted by molar-refractivity contribution is 7.89. The maximum Gasteiger partial charge on any atom is 0.344 e. The van der Waals surface area contributed by atoms with Crippen LogP contribution in [0.3, 0.4) is 0 Å². The SMILES string of the molecule is Cc1nn2cccnc2c1C(=O)OCC(=O)Nc1cccc(S(=O)(=O)N2CCOCC2)c1. The van der Waals surface area contributed by atoms with E-state index < -0.39 is 28.5 Å². The number of morpholine rings is 1. The molecule has 12 heteroatoms. The number of benzene rings is 1. The standard InChI is InChI=1S/C20H21N5O6S/c1-14-18(19-21-6-3-7-25(19)23-14)20(27)31-13-17(26)22-15-4-2-5-16(12-15)32(28,29)24-8-10-30-11-9-24/h2-7,12H,8-11,13H2,1H3,(H,22,26). The number of amides is 1. The van der Waals surface area contributed by atoms with Crippen LogP contribution >= 0.6 is 0 Å². The van der Waals surface area contributed by atoms with Gasteiger partial charge in [-0.25, -0.2) is 22.7 Å². The molecule has 3 heterocycles. The third kappa shape index (κ3) is 4.47. The highest BCUT2D eigenvalue weighted by Crippen LogP contribution is 2.21. The summed E-state index contributed by atoms with van der Waals surface area (Å²) in [5.41, 5.74) is 1.21. The van der Waals surface area contributed by atoms with Crippen LogP contribution < -0.4 is 5.32 Å². The zero-order valence-corrected chi connectivity index (χ0v) is 18.0. The molecule has 0 saturated carbocycles. The number of aryl methyl sites for hydroxylation is 1. The molecule has 1 saturated heterocycles. The van der Waals surface area contributed by atoms with Crippen LogP contribution in [0.5, 0.6) is 0 Å². The summed E-state index contributed by atoms with van der Waals surface area (Å²) in [5.74, 6) is -1.34. The first-order valence-corrected chi connectivity index (χ1v) is 11.2. The molecule has 0 unspecified atom stereocenters. The highest BCUT2D eigenvalue weighted by atomic mass is 32.2. The Labute approximate surface area is 184 Å². The van der Waals surface area contributed by atoms with Crippen molar-refractivity contribution in [3.63, 3.8) is 0 Å². The number of nitrogens with zero attached hydrogens (tertiary/aromatic N) is 4. The Kier molecular flexibility index (Phi) is 6.17. The van der Waals surface area contributed by atoms with Crippen LogP contribution in [0.25, 0.3) is 5.65 Å². The van der Waals surface area contributed by atoms with Gasteiger partial charge in [-0.3, -0.25) is 4.79 Å². The van der Waals surface area contributed by atoms with Crippen LogP contribution in [0, 0.1) is 6.92 Å². The van der Waals surface area contributed by atoms with Crippen molar-refractivity contribution in [2.45, 2.75) is 11.8 Å². The number of carbonyl (C=O) groups is 2. The summed E-state index contributed by atoms with van der Waals surface area (Å²) in [6, 6.07) is 7.58. The average Bonchev–Trinajstić information content (AvgIpc) is 3.14. The number of carbonyl (C=O) groups excluding carboxylic acids is 2. The first-order valence-electron chi connectivity index (χ1n) is 9.81. The molecular weight excluding hydrogens is 438 g/mol. The van der Waals surface area contributed by atoms with E-state index in [4.69, 9.17) is 9.47 Å². The van der Waals surface area contributed by atoms with E-state index in [0.29, 0.717) is 24.6 Å². The summed E-state index contributed by atoms with van der Waals surface area (Å²) in [6.45, 7) is 2.31. The van der Waals surface area contributed by atoms with Gasteiger partial charge < -0.3 is 14.8 Å². The minimum Gasteiger partial charge on any atom is -0.452 e. The number of anilines is 1. The van der Waals surface area contributed by atoms with E-state index in [1.807, 2.05) is 0 Å². The number of nitrogens with one attached hydrogen (secondary N) is 1. The molecule has 0 aliphatic carbocycles. The van der Waals surface area contributed by atoms with Crippen LogP contribution in [0.4, 0.5) is 5.69 Å². The molecule has 11 nitrogen and oxygen atoms in total. The molecule has 0 atom stereocenters. The summed E-state index contributed by atoms with van der Waals surface area (Å²) in [7, 11) is -3.70. The molecule has 3 aromatic rings. The van der Waals surface area contributed by atoms with Gasteiger partial charge in [-0.15, -0.1) is 0 Å².